The van der Waals surface area contributed by atoms with Gasteiger partial charge in [-0.1, -0.05) is 12.1 Å². The van der Waals surface area contributed by atoms with Crippen molar-refractivity contribution in [2.24, 2.45) is 5.73 Å². The second-order valence-corrected chi connectivity index (χ2v) is 4.39. The number of aryl methyl sites for hydroxylation is 2. The van der Waals surface area contributed by atoms with Crippen LogP contribution in [0.1, 0.15) is 22.5 Å². The fourth-order valence-electron chi connectivity index (χ4n) is 1.66. The van der Waals surface area contributed by atoms with E-state index in [4.69, 9.17) is 15.9 Å². The molecule has 0 radical (unpaired) electrons. The zero-order valence-corrected chi connectivity index (χ0v) is 11.2. The number of nitrogen functional groups attached to an aromatic ring is 1. The third kappa shape index (κ3) is 2.88. The minimum Gasteiger partial charge on any atom is -0.424 e. The van der Waals surface area contributed by atoms with Gasteiger partial charge < -0.3 is 10.5 Å². The topological polar surface area (TPSA) is 84.9 Å². The van der Waals surface area contributed by atoms with Crippen LogP contribution in [0.5, 0.6) is 11.8 Å². The van der Waals surface area contributed by atoms with Crippen LogP contribution in [0.15, 0.2) is 24.3 Å². The highest BCUT2D eigenvalue weighted by Crippen LogP contribution is 2.24. The number of nitrogens with one attached hydrogen (secondary N) is 1. The molecule has 19 heavy (non-hydrogen) atoms. The summed E-state index contributed by atoms with van der Waals surface area (Å²) in [5, 5.41) is 7.42. The molecule has 1 aromatic heterocycles. The van der Waals surface area contributed by atoms with Crippen LogP contribution in [-0.4, -0.2) is 15.8 Å². The maximum Gasteiger partial charge on any atom is 0.322 e. The van der Waals surface area contributed by atoms with E-state index >= 15 is 0 Å². The Morgan fingerprint density at radius 3 is 2.63 bits per heavy atom. The third-order valence-electron chi connectivity index (χ3n) is 2.87. The summed E-state index contributed by atoms with van der Waals surface area (Å²) >= 11 is 0. The Bertz CT molecular complexity index is 637. The molecule has 5 heteroatoms. The monoisotopic (exact) mass is 256 g/mol. The number of nitrogens with zero attached hydrogens (tertiary/aromatic N) is 2. The highest BCUT2D eigenvalue weighted by atomic mass is 16.5. The highest BCUT2D eigenvalue weighted by molar-refractivity contribution is 5.93. The predicted octanol–water partition coefficient (Wildman–Crippen LogP) is 2.48. The predicted molar refractivity (Wildman–Crippen MR) is 73.8 cm³/mol. The molecule has 0 amide bonds. The number of hydrogen-bond acceptors (Lipinski definition) is 4. The average Bonchev–Trinajstić information content (AvgIpc) is 2.34. The van der Waals surface area contributed by atoms with Gasteiger partial charge in [0.05, 0.1) is 0 Å². The summed E-state index contributed by atoms with van der Waals surface area (Å²) in [6.07, 6.45) is 0. The Balaban J connectivity index is 2.38. The molecule has 0 saturated carbocycles. The Hall–Kier alpha value is -2.43. The number of nitrogens with two attached hydrogens (primary N) is 1. The first-order valence-electron chi connectivity index (χ1n) is 5.91. The van der Waals surface area contributed by atoms with Gasteiger partial charge in [0, 0.05) is 5.69 Å². The summed E-state index contributed by atoms with van der Waals surface area (Å²) in [4.78, 5) is 8.31. The van der Waals surface area contributed by atoms with E-state index in [1.165, 1.54) is 0 Å². The van der Waals surface area contributed by atoms with Gasteiger partial charge in [0.15, 0.2) is 0 Å². The van der Waals surface area contributed by atoms with Gasteiger partial charge in [-0.2, -0.15) is 4.98 Å². The molecule has 0 aliphatic carbocycles. The lowest BCUT2D eigenvalue weighted by Crippen LogP contribution is -2.14. The van der Waals surface area contributed by atoms with Gasteiger partial charge >= 0.3 is 6.01 Å². The molecule has 0 atom stereocenters. The lowest BCUT2D eigenvalue weighted by molar-refractivity contribution is 0.436. The van der Waals surface area contributed by atoms with Crippen molar-refractivity contribution in [1.29, 1.82) is 5.41 Å². The first-order chi connectivity index (χ1) is 8.97. The second kappa shape index (κ2) is 5.06. The van der Waals surface area contributed by atoms with Gasteiger partial charge in [-0.3, -0.25) is 5.41 Å². The molecule has 0 fully saturated rings. The lowest BCUT2D eigenvalue weighted by Gasteiger charge is -2.10. The maximum absolute atomic E-state index is 7.42. The smallest absolute Gasteiger partial charge is 0.322 e. The fraction of sp³-hybridized carbons (Fsp3) is 0.214. The van der Waals surface area contributed by atoms with Crippen LogP contribution >= 0.6 is 0 Å². The molecule has 1 aromatic carbocycles. The van der Waals surface area contributed by atoms with E-state index in [1.54, 1.807) is 6.07 Å². The molecule has 0 spiro atoms. The molecular weight excluding hydrogens is 240 g/mol. The van der Waals surface area contributed by atoms with E-state index in [2.05, 4.69) is 9.97 Å². The standard InChI is InChI=1S/C14H16N4O/c1-8-5-4-6-12(10(8)3)19-14-17-9(2)7-11(18-14)13(15)16/h4-7H,1-3H3,(H3,15,16). The zero-order chi connectivity index (χ0) is 14.0. The van der Waals surface area contributed by atoms with Gasteiger partial charge in [-0.15, -0.1) is 0 Å². The Morgan fingerprint density at radius 1 is 1.21 bits per heavy atom. The Kier molecular flexibility index (Phi) is 3.46. The number of benzene rings is 1. The lowest BCUT2D eigenvalue weighted by atomic mass is 10.1. The van der Waals surface area contributed by atoms with Crippen molar-refractivity contribution in [2.45, 2.75) is 20.8 Å². The summed E-state index contributed by atoms with van der Waals surface area (Å²) in [7, 11) is 0. The first kappa shape index (κ1) is 13.0. The van der Waals surface area contributed by atoms with Crippen molar-refractivity contribution >= 4 is 5.84 Å². The van der Waals surface area contributed by atoms with Crippen molar-refractivity contribution in [3.05, 3.63) is 46.8 Å². The molecule has 0 aliphatic rings. The third-order valence-corrected chi connectivity index (χ3v) is 2.87. The SMILES string of the molecule is Cc1cc(C(=N)N)nc(Oc2cccc(C)c2C)n1. The van der Waals surface area contributed by atoms with Crippen LogP contribution in [0.2, 0.25) is 0 Å². The van der Waals surface area contributed by atoms with E-state index in [9.17, 15) is 0 Å². The second-order valence-electron chi connectivity index (χ2n) is 4.39. The molecule has 0 bridgehead atoms. The van der Waals surface area contributed by atoms with E-state index in [1.807, 2.05) is 39.0 Å². The van der Waals surface area contributed by atoms with Crippen LogP contribution in [-0.2, 0) is 0 Å². The van der Waals surface area contributed by atoms with Crippen molar-refractivity contribution in [1.82, 2.24) is 9.97 Å². The zero-order valence-electron chi connectivity index (χ0n) is 11.2. The molecule has 0 saturated heterocycles. The number of hydrogen-bond donors (Lipinski definition) is 2. The van der Waals surface area contributed by atoms with E-state index < -0.39 is 0 Å². The number of amidine groups is 1. The van der Waals surface area contributed by atoms with Gasteiger partial charge in [0.25, 0.3) is 0 Å². The largest absolute Gasteiger partial charge is 0.424 e. The molecule has 0 aliphatic heterocycles. The summed E-state index contributed by atoms with van der Waals surface area (Å²) in [6.45, 7) is 5.80. The molecule has 1 heterocycles. The van der Waals surface area contributed by atoms with Gasteiger partial charge in [-0.05, 0) is 44.0 Å². The van der Waals surface area contributed by atoms with E-state index in [-0.39, 0.29) is 11.8 Å². The molecule has 98 valence electrons. The van der Waals surface area contributed by atoms with Crippen molar-refractivity contribution in [3.8, 4) is 11.8 Å². The van der Waals surface area contributed by atoms with E-state index in [0.717, 1.165) is 11.1 Å². The summed E-state index contributed by atoms with van der Waals surface area (Å²) < 4.78 is 5.69. The van der Waals surface area contributed by atoms with Crippen LogP contribution in [0, 0.1) is 26.2 Å². The summed E-state index contributed by atoms with van der Waals surface area (Å²) in [5.74, 6) is 0.608. The Labute approximate surface area is 112 Å². The highest BCUT2D eigenvalue weighted by Gasteiger charge is 2.09. The van der Waals surface area contributed by atoms with Crippen molar-refractivity contribution in [3.63, 3.8) is 0 Å². The van der Waals surface area contributed by atoms with E-state index in [0.29, 0.717) is 17.1 Å². The normalized spacial score (nSPS) is 10.3. The van der Waals surface area contributed by atoms with Gasteiger partial charge in [0.1, 0.15) is 17.3 Å². The molecule has 5 nitrogen and oxygen atoms in total. The minimum atomic E-state index is -0.101. The van der Waals surface area contributed by atoms with Gasteiger partial charge in [0.2, 0.25) is 0 Å². The van der Waals surface area contributed by atoms with Crippen molar-refractivity contribution < 1.29 is 4.74 Å². The average molecular weight is 256 g/mol. The van der Waals surface area contributed by atoms with Crippen LogP contribution < -0.4 is 10.5 Å². The minimum absolute atomic E-state index is 0.101. The maximum atomic E-state index is 7.42. The summed E-state index contributed by atoms with van der Waals surface area (Å²) in [6, 6.07) is 7.65. The number of rotatable bonds is 3. The number of ether oxygens (including phenoxy) is 1. The molecular formula is C14H16N4O. The fourth-order valence-corrected chi connectivity index (χ4v) is 1.66. The number of aromatic nitrogens is 2. The molecule has 0 unspecified atom stereocenters. The molecule has 2 rings (SSSR count). The molecule has 2 aromatic rings. The van der Waals surface area contributed by atoms with Gasteiger partial charge in [-0.25, -0.2) is 4.98 Å². The van der Waals surface area contributed by atoms with Crippen LogP contribution in [0.4, 0.5) is 0 Å². The van der Waals surface area contributed by atoms with Crippen LogP contribution in [0.25, 0.3) is 0 Å². The van der Waals surface area contributed by atoms with Crippen molar-refractivity contribution in [2.75, 3.05) is 0 Å². The quantitative estimate of drug-likeness (QED) is 0.652. The van der Waals surface area contributed by atoms with Crippen LogP contribution in [0.3, 0.4) is 0 Å². The molecule has 3 N–H and O–H groups in total. The summed E-state index contributed by atoms with van der Waals surface area (Å²) in [5.41, 5.74) is 8.69. The first-order valence-corrected chi connectivity index (χ1v) is 5.91. The Morgan fingerprint density at radius 2 is 1.95 bits per heavy atom.